The molecule has 0 aromatic heterocycles. The molecule has 18 saturated heterocycles. The number of morpholine rings is 1. The molecule has 9 atom stereocenters. The van der Waals surface area contributed by atoms with Crippen LogP contribution in [0.1, 0.15) is 206 Å². The second-order valence-corrected chi connectivity index (χ2v) is 51.4. The summed E-state index contributed by atoms with van der Waals surface area (Å²) in [6.07, 6.45) is 35.9. The highest BCUT2D eigenvalue weighted by Crippen LogP contribution is 2.47. The van der Waals surface area contributed by atoms with E-state index in [9.17, 15) is 26.3 Å². The van der Waals surface area contributed by atoms with Crippen LogP contribution < -0.4 is 10.6 Å². The number of para-hydroxylation sites is 1. The molecule has 24 rings (SSSR count). The van der Waals surface area contributed by atoms with Crippen molar-refractivity contribution >= 4 is 28.9 Å². The van der Waals surface area contributed by atoms with Gasteiger partial charge in [-0.3, -0.25) is 0 Å². The van der Waals surface area contributed by atoms with Gasteiger partial charge in [-0.25, -0.2) is 26.3 Å². The molecular weight excluding hydrogens is 1920 g/mol. The van der Waals surface area contributed by atoms with Crippen LogP contribution in [0.2, 0.25) is 0 Å². The van der Waals surface area contributed by atoms with Gasteiger partial charge in [-0.2, -0.15) is 0 Å². The largest absolute Gasteiger partial charge is 0.393 e. The van der Waals surface area contributed by atoms with E-state index in [4.69, 9.17) is 38.2 Å². The summed E-state index contributed by atoms with van der Waals surface area (Å²) < 4.78 is 78.0. The van der Waals surface area contributed by atoms with Crippen molar-refractivity contribution in [2.75, 3.05) is 416 Å². The maximum Gasteiger partial charge on any atom is 0.261 e. The molecule has 23 aliphatic rings. The number of nitrogens with zero attached hydrogens (tertiary/aromatic N) is 19. The molecule has 9 unspecified atom stereocenters. The fourth-order valence-corrected chi connectivity index (χ4v) is 22.9. The number of hydrogen-bond donors (Lipinski definition) is 4. The van der Waals surface area contributed by atoms with Crippen LogP contribution in [0, 0.1) is 46.3 Å². The van der Waals surface area contributed by atoms with Gasteiger partial charge in [0.1, 0.15) is 12.3 Å². The van der Waals surface area contributed by atoms with Gasteiger partial charge in [-0.1, -0.05) is 64.2 Å². The van der Waals surface area contributed by atoms with E-state index in [2.05, 4.69) is 185 Å². The monoisotopic (exact) mass is 2150 g/mol. The molecule has 1 aromatic rings. The molecule has 32 heteroatoms. The molecule has 0 radical (unpaired) electrons. The Morgan fingerprint density at radius 3 is 0.892 bits per heavy atom. The van der Waals surface area contributed by atoms with Gasteiger partial charge < -0.3 is 119 Å². The molecule has 18 aliphatic heterocycles. The molecule has 0 amide bonds. The van der Waals surface area contributed by atoms with Crippen LogP contribution >= 0.6 is 23.2 Å². The maximum absolute atomic E-state index is 12.4. The number of fused-ring (bicyclic) bond motifs is 4. The molecule has 24 nitrogen and oxygen atoms in total. The Labute approximate surface area is 915 Å². The number of likely N-dealkylation sites (tertiary alicyclic amines) is 17. The van der Waals surface area contributed by atoms with Crippen molar-refractivity contribution in [2.24, 2.45) is 46.3 Å². The first-order valence-electron chi connectivity index (χ1n) is 58.6. The Bertz CT molecular complexity index is 3080. The highest BCUT2D eigenvalue weighted by molar-refractivity contribution is 6.21. The predicted molar refractivity (Wildman–Crippen MR) is 621 cm³/mol. The lowest BCUT2D eigenvalue weighted by Gasteiger charge is -2.54. The number of rotatable bonds is 2. The van der Waals surface area contributed by atoms with Crippen molar-refractivity contribution in [1.29, 1.82) is 0 Å². The fraction of sp³-hybridized carbons (Fsp3) is 0.948. The number of nitrogens with one attached hydrogen (secondary N) is 2. The number of anilines is 1. The normalized spacial score (nSPS) is 29.8. The molecule has 23 fully saturated rings. The Morgan fingerprint density at radius 1 is 0.311 bits per heavy atom. The summed E-state index contributed by atoms with van der Waals surface area (Å²) >= 11 is 11.4. The fourth-order valence-electron chi connectivity index (χ4n) is 22.1. The van der Waals surface area contributed by atoms with Gasteiger partial charge in [0.2, 0.25) is 0 Å². The molecule has 5 saturated carbocycles. The summed E-state index contributed by atoms with van der Waals surface area (Å²) in [5.74, 6) is 1.73. The third-order valence-corrected chi connectivity index (χ3v) is 32.5. The molecule has 1 spiro atoms. The molecule has 2 bridgehead atoms. The van der Waals surface area contributed by atoms with E-state index in [1.54, 1.807) is 11.9 Å². The number of hydrogen-bond acceptors (Lipinski definition) is 24. The van der Waals surface area contributed by atoms with E-state index in [1.807, 2.05) is 113 Å². The predicted octanol–water partition coefficient (Wildman–Crippen LogP) is 15.6. The first-order valence-corrected chi connectivity index (χ1v) is 59.5. The minimum atomic E-state index is -2.41. The molecule has 148 heavy (non-hydrogen) atoms. The van der Waals surface area contributed by atoms with Gasteiger partial charge in [0, 0.05) is 214 Å². The molecule has 5 aliphatic carbocycles. The minimum absolute atomic E-state index is 0.0220. The highest BCUT2D eigenvalue weighted by atomic mass is 35.5. The molecule has 1 aromatic carbocycles. The SMILES string of the molecule is CN(C)C.CN1CC(C)(C)C1.CN1CC(Cl)C1.CN1CC(F)C1.CN1CC2(CCC2)C1.CN1CC2CC2C1.CN1CC2CCC(C2)C1.CN1CC2CCCC2C1.CN1CCC(Cl)C1.CN1CCC(F)(F)C1.CN1CCC(F)(F)CC1.CN1CCC(F)C1.CN1CCC(O)C1.CN1CCC(O)CC1.CN1CCC1.CN1CCCC1.CN1CCCCC1.CN1CCCCCC1.CN1CCOCC1.CNC1CC1.CNc1ccccc1. The van der Waals surface area contributed by atoms with E-state index >= 15 is 0 Å². The van der Waals surface area contributed by atoms with Crippen molar-refractivity contribution in [2.45, 2.75) is 260 Å². The Kier molecular flexibility index (Phi) is 72.7. The van der Waals surface area contributed by atoms with Crippen LogP contribution in [0.3, 0.4) is 0 Å². The number of β-amino-alcohol motifs (C(OH)–C–C–N with tert-alkyl or cyclic N) is 1. The maximum atomic E-state index is 12.4. The third-order valence-electron chi connectivity index (χ3n) is 31.8. The van der Waals surface area contributed by atoms with Gasteiger partial charge in [0.05, 0.1) is 37.3 Å². The Hall–Kier alpha value is -1.74. The van der Waals surface area contributed by atoms with Gasteiger partial charge in [0.25, 0.3) is 11.8 Å². The number of piperidine rings is 5. The average Bonchev–Trinajstić information content (AvgIpc) is 1.08. The lowest BCUT2D eigenvalue weighted by molar-refractivity contribution is -0.0504. The van der Waals surface area contributed by atoms with Crippen molar-refractivity contribution in [1.82, 2.24) is 98.4 Å². The average molecular weight is 2160 g/mol. The summed E-state index contributed by atoms with van der Waals surface area (Å²) in [6, 6.07) is 11.0. The number of benzene rings is 1. The summed E-state index contributed by atoms with van der Waals surface area (Å²) in [5.41, 5.74) is 2.62. The van der Waals surface area contributed by atoms with E-state index in [-0.39, 0.29) is 38.0 Å². The van der Waals surface area contributed by atoms with Crippen molar-refractivity contribution < 1.29 is 41.3 Å². The summed E-state index contributed by atoms with van der Waals surface area (Å²) in [7, 11) is 47.6. The summed E-state index contributed by atoms with van der Waals surface area (Å²) in [6.45, 7) is 45.5. The number of ether oxygens (including phenoxy) is 1. The first-order chi connectivity index (χ1) is 70.0. The lowest BCUT2D eigenvalue weighted by atomic mass is 9.64. The Balaban J connectivity index is 0.000000324. The second kappa shape index (κ2) is 77.7. The highest BCUT2D eigenvalue weighted by Gasteiger charge is 2.46. The van der Waals surface area contributed by atoms with Crippen LogP contribution in [0.5, 0.6) is 0 Å². The Morgan fingerprint density at radius 2 is 0.676 bits per heavy atom. The van der Waals surface area contributed by atoms with E-state index in [1.165, 1.54) is 266 Å². The van der Waals surface area contributed by atoms with Gasteiger partial charge in [0.15, 0.2) is 0 Å². The number of aliphatic hydroxyl groups excluding tert-OH is 2. The quantitative estimate of drug-likeness (QED) is 0.165. The minimum Gasteiger partial charge on any atom is -0.393 e. The second-order valence-electron chi connectivity index (χ2n) is 50.1. The van der Waals surface area contributed by atoms with Crippen molar-refractivity contribution in [3.05, 3.63) is 30.3 Å². The van der Waals surface area contributed by atoms with Crippen LogP contribution in [-0.2, 0) is 4.74 Å². The summed E-state index contributed by atoms with van der Waals surface area (Å²) in [4.78, 5) is 42.2. The molecule has 876 valence electrons. The van der Waals surface area contributed by atoms with Crippen LogP contribution in [0.15, 0.2) is 30.3 Å². The number of aliphatic hydroxyl groups is 2. The van der Waals surface area contributed by atoms with Crippen molar-refractivity contribution in [3.8, 4) is 0 Å². The standard InChI is InChI=1S/2C8H15N.C7H13N.C7H15N.C7H9N.C6H11F2N.C6H13NO.C6H11N.2C6H13N.C5H10ClN.C5H9F2N.C5H10FN.2C5H11NO.C5H11N.C4H8ClN.C4H8FN.2C4H9N.C3H9N/c1-9-5-7-2-3-8(4-7)6-9;1-9-5-7-3-2-4-8(7)6-9;1-8-5-7(6-8)3-2-4-7;1-8-6-4-2-3-5-7-8;1-8-7-5-3-2-4-6-7;1-9-4-2-6(7,8)3-5-9;1-7-4-2-6(8)3-5-7;1-7-3-5-2-6(5)4-7;1-6(2)4-7(3)5-6;1-7-5-3-2-4-6-7;1-7-3-2-5(6)4-7;1-8-3-2-5(6,7)4-8;1-7-3-2-5(6)4-7;1-6-2-4-7-5-3-6;1-6-3-2-5(7)4-6;1-6-4-2-3-5-6;2*1-6-2-4(5)3-6;1-5-3-2-4-5;1-5-4-2-3-4;1-4(2)3/h2*7-8H,2-6H2,1H3;2-6H2,1H3;2-7H2,1H3;2-6,8H,1H3;2-5H2,1H3;6,8H,2-5H2,1H3;5-6H,2-4H2,1H3;4-5H2,1-3H3;2-6H2,1H3;5H,2-4H2,1H3;2-4H2,1H3;5H,2-4H2,1H3;2-5H2,1H3;5,7H,2-4H2,1H3;2-5H2,1H3;2*4H,2-3H2,1H3;2-4H2,1H3;4-5H,2-3H2,1H3;1-3H3. The summed E-state index contributed by atoms with van der Waals surface area (Å²) in [5, 5.41) is 24.9. The van der Waals surface area contributed by atoms with Crippen LogP contribution in [-0.4, -0.2) is 567 Å². The van der Waals surface area contributed by atoms with E-state index in [0.29, 0.717) is 55.4 Å². The zero-order valence-electron chi connectivity index (χ0n) is 99.8. The zero-order valence-corrected chi connectivity index (χ0v) is 101. The number of likely N-dealkylation sites (N-methyl/N-ethyl adjacent to an activating group) is 2. The molecule has 4 N–H and O–H groups in total. The zero-order chi connectivity index (χ0) is 110. The third kappa shape index (κ3) is 71.0. The van der Waals surface area contributed by atoms with Gasteiger partial charge >= 0.3 is 0 Å². The van der Waals surface area contributed by atoms with Crippen LogP contribution in [0.25, 0.3) is 0 Å². The van der Waals surface area contributed by atoms with Gasteiger partial charge in [-0.15, -0.1) is 23.2 Å². The van der Waals surface area contributed by atoms with E-state index in [0.717, 1.165) is 163 Å². The number of halogens is 8. The van der Waals surface area contributed by atoms with E-state index < -0.39 is 24.2 Å². The smallest absolute Gasteiger partial charge is 0.261 e. The van der Waals surface area contributed by atoms with Gasteiger partial charge in [-0.05, 0) is 414 Å². The topological polar surface area (TPSA) is 135 Å². The number of alkyl halides is 8. The first kappa shape index (κ1) is 139. The molecule has 18 heterocycles. The molecular formula is C116H233Cl2F6N21O3. The van der Waals surface area contributed by atoms with Crippen LogP contribution in [0.4, 0.5) is 32.0 Å². The van der Waals surface area contributed by atoms with Crippen molar-refractivity contribution in [3.63, 3.8) is 0 Å². The lowest BCUT2D eigenvalue weighted by Crippen LogP contribution is -2.57.